The molecule has 16 rings (SSSR count). The van der Waals surface area contributed by atoms with Crippen LogP contribution in [0.15, 0.2) is 146 Å². The summed E-state index contributed by atoms with van der Waals surface area (Å²) in [4.78, 5) is 166. The number of benzene rings is 8. The maximum atomic E-state index is 13.8. The molecule has 31 heteroatoms. The number of likely N-dealkylation sites (tertiary alicyclic amines) is 8. The molecule has 8 heterocycles. The molecule has 0 aliphatic carbocycles. The van der Waals surface area contributed by atoms with Gasteiger partial charge in [0.05, 0.1) is 53.5 Å². The van der Waals surface area contributed by atoms with Crippen molar-refractivity contribution < 1.29 is 87.1 Å². The van der Waals surface area contributed by atoms with Gasteiger partial charge >= 0.3 is 23.9 Å². The molecule has 140 heavy (non-hydrogen) atoms. The van der Waals surface area contributed by atoms with Gasteiger partial charge in [0.25, 0.3) is 0 Å². The SMILES string of the molecule is COc1cc(CC(=O)[C@H]2CCC(=O)N2C2CCN(Cc3ccc(Cl)c(C)c3)CC2)cc(C(=O)O)c1.Cc1cc(CN2CCC(N3C(=O)CC[C@@H]3C(=O)Cc3cc(C(=O)O)cc(C(C)(C)C)c3)CC2)ccc1Cl.Cc1cc(CN2CCC(N3C(=O)CC[C@@H]3C(=O)Cc3cc(Cl)cc(C(=O)O)c3)CC2)ccc1Cl.Cc1cc(CN2CCC(N3C(=O)CC[C@@H]3C(=O)Cc3cc(F)cc(C(=O)O)c3)CC2)ccc1Cl. The van der Waals surface area contributed by atoms with E-state index in [1.165, 1.54) is 65.8 Å². The molecule has 8 saturated heterocycles. The summed E-state index contributed by atoms with van der Waals surface area (Å²) in [6.07, 6.45) is 10.2. The molecule has 0 bridgehead atoms. The number of aryl methyl sites for hydroxylation is 4. The minimum Gasteiger partial charge on any atom is -0.497 e. The van der Waals surface area contributed by atoms with Crippen molar-refractivity contribution in [1.29, 1.82) is 0 Å². The summed E-state index contributed by atoms with van der Waals surface area (Å²) in [5.74, 6) is -4.90. The number of amides is 4. The largest absolute Gasteiger partial charge is 0.497 e. The summed E-state index contributed by atoms with van der Waals surface area (Å²) < 4.78 is 19.0. The smallest absolute Gasteiger partial charge is 0.335 e. The molecule has 8 fully saturated rings. The second kappa shape index (κ2) is 47.9. The van der Waals surface area contributed by atoms with E-state index in [0.29, 0.717) is 79.4 Å². The van der Waals surface area contributed by atoms with Crippen LogP contribution in [0.5, 0.6) is 5.75 Å². The lowest BCUT2D eigenvalue weighted by molar-refractivity contribution is -0.137. The first kappa shape index (κ1) is 107. The molecular weight excluding hydrogens is 1890 g/mol. The quantitative estimate of drug-likeness (QED) is 0.0338. The lowest BCUT2D eigenvalue weighted by Gasteiger charge is -2.39. The topological polar surface area (TPSA) is 321 Å². The Morgan fingerprint density at radius 3 is 0.857 bits per heavy atom. The van der Waals surface area contributed by atoms with Crippen molar-refractivity contribution >= 4 is 129 Å². The zero-order valence-electron chi connectivity index (χ0n) is 80.5. The highest BCUT2D eigenvalue weighted by molar-refractivity contribution is 6.32. The molecule has 8 aliphatic heterocycles. The highest BCUT2D eigenvalue weighted by atomic mass is 35.5. The maximum absolute atomic E-state index is 13.8. The van der Waals surface area contributed by atoms with Gasteiger partial charge in [-0.2, -0.15) is 0 Å². The second-order valence-corrected chi connectivity index (χ2v) is 41.6. The van der Waals surface area contributed by atoms with Gasteiger partial charge in [-0.15, -0.1) is 0 Å². The van der Waals surface area contributed by atoms with E-state index in [1.807, 2.05) is 101 Å². The minimum absolute atomic E-state index is 0.00533. The van der Waals surface area contributed by atoms with E-state index in [1.54, 1.807) is 34.1 Å². The number of ketones is 4. The molecule has 8 aromatic rings. The lowest BCUT2D eigenvalue weighted by atomic mass is 9.84. The number of aromatic carboxylic acids is 4. The van der Waals surface area contributed by atoms with Gasteiger partial charge in [0.2, 0.25) is 23.6 Å². The molecule has 0 unspecified atom stereocenters. The van der Waals surface area contributed by atoms with Crippen LogP contribution in [-0.4, -0.2) is 238 Å². The van der Waals surface area contributed by atoms with Crippen LogP contribution in [-0.2, 0) is 95.6 Å². The normalized spacial score (nSPS) is 19.4. The van der Waals surface area contributed by atoms with Gasteiger partial charge in [-0.3, -0.25) is 58.0 Å². The number of rotatable bonds is 29. The van der Waals surface area contributed by atoms with Gasteiger partial charge in [-0.1, -0.05) is 133 Å². The molecule has 0 aromatic heterocycles. The Kier molecular flexibility index (Phi) is 36.4. The maximum Gasteiger partial charge on any atom is 0.335 e. The van der Waals surface area contributed by atoms with Crippen LogP contribution in [0.2, 0.25) is 25.1 Å². The highest BCUT2D eigenvalue weighted by Crippen LogP contribution is 2.38. The van der Waals surface area contributed by atoms with Crippen LogP contribution < -0.4 is 4.74 Å². The van der Waals surface area contributed by atoms with Gasteiger partial charge < -0.3 is 44.8 Å². The lowest BCUT2D eigenvalue weighted by Crippen LogP contribution is -2.50. The van der Waals surface area contributed by atoms with E-state index in [2.05, 4.69) is 56.0 Å². The third-order valence-corrected chi connectivity index (χ3v) is 30.2. The first-order valence-electron chi connectivity index (χ1n) is 48.2. The van der Waals surface area contributed by atoms with Crippen molar-refractivity contribution in [1.82, 2.24) is 39.2 Å². The van der Waals surface area contributed by atoms with E-state index >= 15 is 0 Å². The number of hydrogen-bond donors (Lipinski definition) is 4. The summed E-state index contributed by atoms with van der Waals surface area (Å²) >= 11 is 30.6. The van der Waals surface area contributed by atoms with Crippen molar-refractivity contribution in [3.05, 3.63) is 271 Å². The van der Waals surface area contributed by atoms with E-state index in [9.17, 15) is 77.2 Å². The van der Waals surface area contributed by atoms with Crippen LogP contribution in [0.3, 0.4) is 0 Å². The van der Waals surface area contributed by atoms with Gasteiger partial charge in [-0.25, -0.2) is 23.6 Å². The van der Waals surface area contributed by atoms with Gasteiger partial charge in [0.15, 0.2) is 23.1 Å². The number of Topliss-reactive ketones (excluding diaryl/α,β-unsaturated/α-hetero) is 4. The second-order valence-electron chi connectivity index (χ2n) is 39.5. The fourth-order valence-electron chi connectivity index (χ4n) is 21.0. The van der Waals surface area contributed by atoms with Crippen LogP contribution in [0.4, 0.5) is 4.39 Å². The van der Waals surface area contributed by atoms with Crippen molar-refractivity contribution in [3.63, 3.8) is 0 Å². The van der Waals surface area contributed by atoms with Gasteiger partial charge in [0, 0.05) is 179 Å². The minimum atomic E-state index is -1.24. The van der Waals surface area contributed by atoms with Crippen molar-refractivity contribution in [2.75, 3.05) is 59.5 Å². The highest BCUT2D eigenvalue weighted by Gasteiger charge is 2.46. The summed E-state index contributed by atoms with van der Waals surface area (Å²) in [7, 11) is 1.46. The van der Waals surface area contributed by atoms with E-state index in [-0.39, 0.29) is 129 Å². The molecule has 0 radical (unpaired) electrons. The molecule has 744 valence electrons. The average molecular weight is 2010 g/mol. The number of methoxy groups -OCH3 is 1. The van der Waals surface area contributed by atoms with Crippen molar-refractivity contribution in [2.24, 2.45) is 0 Å². The van der Waals surface area contributed by atoms with Gasteiger partial charge in [-0.05, 0) is 273 Å². The standard InChI is InChI=1S/C30H37ClN2O4.C27H31ClN2O5.C26H28Cl2N2O4.C26H28ClFN2O4/c1-19-13-20(5-6-25(19)31)18-32-11-9-24(10-12-32)33-26(7-8-28(33)35)27(34)16-21-14-22(29(36)37)17-23(15-21)30(2,3)4;1-17-11-18(3-4-23(17)28)16-29-9-7-21(8-10-29)30-24(5-6-26(30)32)25(31)14-19-12-20(27(33)34)15-22(13-19)35-2;1-16-10-17(2-3-22(16)28)15-29-8-6-21(7-9-29)30-23(4-5-25(30)32)24(31)13-18-11-19(26(33)34)14-20(27)12-18;1-16-10-17(2-3-22(16)27)15-29-8-6-21(7-9-29)30-23(4-5-25(30)32)24(31)13-18-11-19(26(33)34)14-20(28)12-18/h5-6,13-15,17,24,26H,7-12,16,18H2,1-4H3,(H,36,37);3-4,11-13,15,21,24H,5-10,14,16H2,1-2H3,(H,33,34);2*2-3,10-12,14,21,23H,4-9,13,15H2,1H3,(H,33,34)/t26-;24-;2*23-/m1111/s1. The fourth-order valence-corrected chi connectivity index (χ4v) is 21.7. The third kappa shape index (κ3) is 28.0. The Labute approximate surface area is 842 Å². The Hall–Kier alpha value is -10.8. The molecular formula is C109H124Cl5FN8O17. The Balaban J connectivity index is 0.000000157. The molecule has 25 nitrogen and oxygen atoms in total. The number of ether oxygens (including phenoxy) is 1. The van der Waals surface area contributed by atoms with E-state index < -0.39 is 53.9 Å². The zero-order valence-corrected chi connectivity index (χ0v) is 84.3. The number of carbonyl (C=O) groups is 12. The van der Waals surface area contributed by atoms with Crippen LogP contribution in [0.1, 0.15) is 237 Å². The summed E-state index contributed by atoms with van der Waals surface area (Å²) in [6.45, 7) is 24.2. The Morgan fingerprint density at radius 2 is 0.586 bits per heavy atom. The number of carbonyl (C=O) groups excluding carboxylic acids is 8. The summed E-state index contributed by atoms with van der Waals surface area (Å²) in [5, 5.41) is 40.7. The molecule has 4 atom stereocenters. The number of nitrogens with zero attached hydrogens (tertiary/aromatic N) is 8. The number of hydrogen-bond acceptors (Lipinski definition) is 17. The average Bonchev–Trinajstić information content (AvgIpc) is 1.63. The molecule has 0 saturated carbocycles. The van der Waals surface area contributed by atoms with E-state index in [0.717, 1.165) is 184 Å². The molecule has 8 aliphatic rings. The molecule has 4 N–H and O–H groups in total. The number of halogens is 6. The molecule has 0 spiro atoms. The van der Waals surface area contributed by atoms with E-state index in [4.69, 9.17) is 67.8 Å². The van der Waals surface area contributed by atoms with Gasteiger partial charge in [0.1, 0.15) is 11.6 Å². The van der Waals surface area contributed by atoms with Crippen molar-refractivity contribution in [2.45, 2.75) is 257 Å². The number of carboxylic acid groups (broad SMARTS) is 4. The number of piperidine rings is 4. The predicted octanol–water partition coefficient (Wildman–Crippen LogP) is 18.6. The zero-order chi connectivity index (χ0) is 101. The summed E-state index contributed by atoms with van der Waals surface area (Å²) in [6, 6.07) is 40.3. The summed E-state index contributed by atoms with van der Waals surface area (Å²) in [5.41, 5.74) is 12.0. The fraction of sp³-hybridized carbons (Fsp3) is 0.450. The van der Waals surface area contributed by atoms with Crippen LogP contribution in [0.25, 0.3) is 0 Å². The predicted molar refractivity (Wildman–Crippen MR) is 536 cm³/mol. The Bertz CT molecular complexity index is 5800. The van der Waals surface area contributed by atoms with Crippen LogP contribution in [0, 0.1) is 33.5 Å². The van der Waals surface area contributed by atoms with Crippen LogP contribution >= 0.6 is 58.0 Å². The Morgan fingerprint density at radius 1 is 0.329 bits per heavy atom. The first-order chi connectivity index (χ1) is 66.6. The molecule has 8 aromatic carbocycles. The van der Waals surface area contributed by atoms with Crippen molar-refractivity contribution in [3.8, 4) is 5.75 Å². The first-order valence-corrected chi connectivity index (χ1v) is 50.1. The molecule has 4 amide bonds. The number of carboxylic acids is 4. The monoisotopic (exact) mass is 2010 g/mol. The third-order valence-electron chi connectivity index (χ3n) is 28.3.